The smallest absolute Gasteiger partial charge is 0.335 e. The van der Waals surface area contributed by atoms with Crippen LogP contribution in [0.2, 0.25) is 0 Å². The van der Waals surface area contributed by atoms with Crippen molar-refractivity contribution >= 4 is 19.4 Å². The van der Waals surface area contributed by atoms with Gasteiger partial charge in [-0.15, -0.1) is 0 Å². The van der Waals surface area contributed by atoms with Crippen molar-refractivity contribution in [2.24, 2.45) is 9.98 Å². The van der Waals surface area contributed by atoms with Crippen LogP contribution < -0.4 is 0 Å². The molecule has 1 aliphatic carbocycles. The number of aliphatic carboxylic acids is 1. The van der Waals surface area contributed by atoms with Gasteiger partial charge in [0.25, 0.3) is 0 Å². The highest BCUT2D eigenvalue weighted by Gasteiger charge is 2.39. The summed E-state index contributed by atoms with van der Waals surface area (Å²) in [4.78, 5) is 18.7. The number of carboxylic acids is 1. The van der Waals surface area contributed by atoms with Crippen molar-refractivity contribution in [3.8, 4) is 0 Å². The number of carbonyl (C=O) groups is 1. The Bertz CT molecular complexity index is 410. The Hall–Kier alpha value is -1.75. The van der Waals surface area contributed by atoms with Gasteiger partial charge in [0.15, 0.2) is 11.3 Å². The third-order valence-electron chi connectivity index (χ3n) is 2.52. The van der Waals surface area contributed by atoms with Crippen LogP contribution in [0.1, 0.15) is 20.3 Å². The van der Waals surface area contributed by atoms with Crippen molar-refractivity contribution in [2.45, 2.75) is 31.6 Å². The Balaban J connectivity index is 2.91. The maximum absolute atomic E-state index is 11.0. The lowest BCUT2D eigenvalue weighted by Gasteiger charge is -2.34. The lowest BCUT2D eigenvalue weighted by atomic mass is 10.0. The van der Waals surface area contributed by atoms with Crippen LogP contribution in [0, 0.1) is 0 Å². The van der Waals surface area contributed by atoms with E-state index in [1.165, 1.54) is 13.8 Å². The van der Waals surface area contributed by atoms with Gasteiger partial charge in [-0.25, -0.2) is 4.79 Å². The fraction of sp³-hybridized carbons (Fsp3) is 0.417. The van der Waals surface area contributed by atoms with Crippen LogP contribution in [-0.2, 0) is 9.53 Å². The second-order valence-corrected chi connectivity index (χ2v) is 4.25. The molecule has 0 amide bonds. The molecule has 1 rings (SSSR count). The first kappa shape index (κ1) is 13.3. The Morgan fingerprint density at radius 1 is 1.59 bits per heavy atom. The second kappa shape index (κ2) is 4.63. The molecule has 1 atom stereocenters. The van der Waals surface area contributed by atoms with Crippen LogP contribution in [0.3, 0.4) is 0 Å². The highest BCUT2D eigenvalue weighted by molar-refractivity contribution is 5.76. The summed E-state index contributed by atoms with van der Waals surface area (Å²) in [5, 5.41) is 9.02. The number of hydrogen-bond acceptors (Lipinski definition) is 4. The fourth-order valence-corrected chi connectivity index (χ4v) is 1.43. The third kappa shape index (κ3) is 2.88. The van der Waals surface area contributed by atoms with E-state index in [-0.39, 0.29) is 0 Å². The van der Waals surface area contributed by atoms with Crippen LogP contribution in [-0.4, -0.2) is 35.8 Å². The summed E-state index contributed by atoms with van der Waals surface area (Å²) in [6.45, 7) is 9.81. The predicted octanol–water partition coefficient (Wildman–Crippen LogP) is 1.81. The molecule has 1 aliphatic rings. The summed E-state index contributed by atoms with van der Waals surface area (Å²) in [5.74, 6) is -1.05. The standard InChI is InChI=1S/C12H16N2O3/c1-11(2,10(15)16)17-12(14-4)7-5-9(13-3)6-8-12/h5-7H,3-4,8H2,1-2H3,(H,15,16). The van der Waals surface area contributed by atoms with Crippen molar-refractivity contribution in [3.05, 3.63) is 23.9 Å². The molecule has 5 nitrogen and oxygen atoms in total. The summed E-state index contributed by atoms with van der Waals surface area (Å²) in [6, 6.07) is 0. The molecule has 1 unspecified atom stereocenters. The SMILES string of the molecule is C=NC1=CCC(N=C)(OC(C)(C)C(=O)O)C=C1. The molecule has 0 radical (unpaired) electrons. The van der Waals surface area contributed by atoms with E-state index in [1.54, 1.807) is 18.2 Å². The number of ether oxygens (including phenoxy) is 1. The van der Waals surface area contributed by atoms with Crippen LogP contribution in [0.25, 0.3) is 0 Å². The average molecular weight is 236 g/mol. The second-order valence-electron chi connectivity index (χ2n) is 4.25. The molecular formula is C12H16N2O3. The van der Waals surface area contributed by atoms with E-state index in [0.717, 1.165) is 0 Å². The lowest BCUT2D eigenvalue weighted by molar-refractivity contribution is -0.176. The number of hydrogen-bond donors (Lipinski definition) is 1. The van der Waals surface area contributed by atoms with E-state index in [2.05, 4.69) is 23.4 Å². The maximum Gasteiger partial charge on any atom is 0.335 e. The minimum Gasteiger partial charge on any atom is -0.479 e. The molecule has 92 valence electrons. The molecule has 0 fully saturated rings. The largest absolute Gasteiger partial charge is 0.479 e. The highest BCUT2D eigenvalue weighted by Crippen LogP contribution is 2.31. The van der Waals surface area contributed by atoms with E-state index in [1.807, 2.05) is 0 Å². The Morgan fingerprint density at radius 2 is 2.24 bits per heavy atom. The van der Waals surface area contributed by atoms with E-state index < -0.39 is 17.3 Å². The van der Waals surface area contributed by atoms with Gasteiger partial charge < -0.3 is 9.84 Å². The minimum absolute atomic E-state index is 0.387. The number of nitrogens with zero attached hydrogens (tertiary/aromatic N) is 2. The first-order chi connectivity index (χ1) is 7.85. The predicted molar refractivity (Wildman–Crippen MR) is 66.5 cm³/mol. The van der Waals surface area contributed by atoms with Crippen molar-refractivity contribution in [3.63, 3.8) is 0 Å². The topological polar surface area (TPSA) is 71.2 Å². The third-order valence-corrected chi connectivity index (χ3v) is 2.52. The van der Waals surface area contributed by atoms with Crippen LogP contribution in [0.15, 0.2) is 33.9 Å². The molecule has 0 heterocycles. The Labute approximate surface area is 100 Å². The zero-order valence-electron chi connectivity index (χ0n) is 10.0. The summed E-state index contributed by atoms with van der Waals surface area (Å²) in [7, 11) is 0. The molecule has 0 spiro atoms. The lowest BCUT2D eigenvalue weighted by Crippen LogP contribution is -2.44. The van der Waals surface area contributed by atoms with Crippen LogP contribution in [0.4, 0.5) is 0 Å². The molecule has 0 bridgehead atoms. The Kier molecular flexibility index (Phi) is 3.63. The van der Waals surface area contributed by atoms with Crippen molar-refractivity contribution in [2.75, 3.05) is 0 Å². The van der Waals surface area contributed by atoms with E-state index >= 15 is 0 Å². The molecule has 0 aliphatic heterocycles. The minimum atomic E-state index is -1.33. The molecule has 0 aromatic heterocycles. The van der Waals surface area contributed by atoms with Gasteiger partial charge in [0.2, 0.25) is 0 Å². The van der Waals surface area contributed by atoms with E-state index in [4.69, 9.17) is 9.84 Å². The summed E-state index contributed by atoms with van der Waals surface area (Å²) < 4.78 is 5.55. The van der Waals surface area contributed by atoms with Crippen LogP contribution >= 0.6 is 0 Å². The number of allylic oxidation sites excluding steroid dienone is 1. The first-order valence-electron chi connectivity index (χ1n) is 5.13. The molecule has 1 N–H and O–H groups in total. The molecule has 0 aromatic carbocycles. The Morgan fingerprint density at radius 3 is 2.59 bits per heavy atom. The first-order valence-corrected chi connectivity index (χ1v) is 5.13. The normalized spacial score (nSPS) is 24.0. The van der Waals surface area contributed by atoms with Crippen molar-refractivity contribution in [1.82, 2.24) is 0 Å². The molecule has 5 heteroatoms. The zero-order valence-corrected chi connectivity index (χ0v) is 10.0. The quantitative estimate of drug-likeness (QED) is 0.740. The molecule has 0 saturated heterocycles. The van der Waals surface area contributed by atoms with Gasteiger partial charge in [-0.3, -0.25) is 9.98 Å². The summed E-state index contributed by atoms with van der Waals surface area (Å²) in [5.41, 5.74) is -1.67. The van der Waals surface area contributed by atoms with Crippen LogP contribution in [0.5, 0.6) is 0 Å². The van der Waals surface area contributed by atoms with Crippen molar-refractivity contribution < 1.29 is 14.6 Å². The number of aliphatic imine (C=N–C) groups is 2. The van der Waals surface area contributed by atoms with Gasteiger partial charge in [0.1, 0.15) is 0 Å². The molecular weight excluding hydrogens is 220 g/mol. The number of rotatable bonds is 5. The number of carboxylic acid groups (broad SMARTS) is 1. The maximum atomic E-state index is 11.0. The van der Waals surface area contributed by atoms with Crippen molar-refractivity contribution in [1.29, 1.82) is 0 Å². The average Bonchev–Trinajstić information content (AvgIpc) is 2.29. The molecule has 17 heavy (non-hydrogen) atoms. The highest BCUT2D eigenvalue weighted by atomic mass is 16.6. The van der Waals surface area contributed by atoms with Gasteiger partial charge >= 0.3 is 5.97 Å². The fourth-order valence-electron chi connectivity index (χ4n) is 1.43. The summed E-state index contributed by atoms with van der Waals surface area (Å²) >= 11 is 0. The van der Waals surface area contributed by atoms with E-state index in [9.17, 15) is 4.79 Å². The van der Waals surface area contributed by atoms with E-state index in [0.29, 0.717) is 12.1 Å². The monoisotopic (exact) mass is 236 g/mol. The molecule has 0 saturated carbocycles. The van der Waals surface area contributed by atoms with Gasteiger partial charge in [0, 0.05) is 6.42 Å². The zero-order chi connectivity index (χ0) is 13.1. The summed E-state index contributed by atoms with van der Waals surface area (Å²) in [6.07, 6.45) is 5.50. The molecule has 0 aromatic rings. The van der Waals surface area contributed by atoms with Gasteiger partial charge in [0.05, 0.1) is 5.70 Å². The van der Waals surface area contributed by atoms with Gasteiger partial charge in [-0.2, -0.15) is 0 Å². The van der Waals surface area contributed by atoms with Gasteiger partial charge in [-0.05, 0) is 39.4 Å². The van der Waals surface area contributed by atoms with Gasteiger partial charge in [-0.1, -0.05) is 6.08 Å².